The van der Waals surface area contributed by atoms with Crippen molar-refractivity contribution in [2.75, 3.05) is 7.11 Å². The Kier molecular flexibility index (Phi) is 3.76. The molecule has 0 saturated heterocycles. The summed E-state index contributed by atoms with van der Waals surface area (Å²) in [4.78, 5) is 0.967. The van der Waals surface area contributed by atoms with E-state index in [4.69, 9.17) is 4.74 Å². The van der Waals surface area contributed by atoms with Crippen molar-refractivity contribution in [2.45, 2.75) is 4.90 Å². The second-order valence-electron chi connectivity index (χ2n) is 1.94. The van der Waals surface area contributed by atoms with E-state index in [0.29, 0.717) is 0 Å². The molecule has 0 saturated carbocycles. The van der Waals surface area contributed by atoms with Crippen LogP contribution in [-0.4, -0.2) is 7.11 Å². The van der Waals surface area contributed by atoms with Gasteiger partial charge in [-0.05, 0) is 57.3 Å². The second-order valence-corrected chi connectivity index (χ2v) is 4.67. The molecule has 0 unspecified atom stereocenters. The van der Waals surface area contributed by atoms with Gasteiger partial charge in [-0.2, -0.15) is 0 Å². The molecule has 11 heavy (non-hydrogen) atoms. The van der Waals surface area contributed by atoms with Crippen molar-refractivity contribution in [3.63, 3.8) is 0 Å². The van der Waals surface area contributed by atoms with Crippen molar-refractivity contribution >= 4 is 57.8 Å². The van der Waals surface area contributed by atoms with Crippen molar-refractivity contribution < 1.29 is 4.74 Å². The summed E-state index contributed by atoms with van der Waals surface area (Å²) in [6, 6.07) is 3.90. The minimum absolute atomic E-state index is 0.861. The Labute approximate surface area is 98.6 Å². The average molecular weight is 392 g/mol. The molecule has 0 N–H and O–H groups in total. The van der Waals surface area contributed by atoms with Gasteiger partial charge in [-0.3, -0.25) is 0 Å². The summed E-state index contributed by atoms with van der Waals surface area (Å²) in [7, 11) is 1.66. The van der Waals surface area contributed by atoms with Crippen LogP contribution in [0.5, 0.6) is 5.75 Å². The molecular formula is C7H6I2OS. The first kappa shape index (κ1) is 9.91. The number of benzene rings is 1. The molecule has 4 heteroatoms. The molecule has 0 amide bonds. The Bertz CT molecular complexity index is 252. The fourth-order valence-corrected chi connectivity index (χ4v) is 2.04. The Morgan fingerprint density at radius 3 is 2.45 bits per heavy atom. The maximum atomic E-state index is 5.07. The molecule has 0 radical (unpaired) electrons. The number of hydrogen-bond acceptors (Lipinski definition) is 2. The summed E-state index contributed by atoms with van der Waals surface area (Å²) in [5, 5.41) is 0. The quantitative estimate of drug-likeness (QED) is 0.571. The molecule has 1 aromatic carbocycles. The minimum Gasteiger partial charge on any atom is -0.497 e. The highest BCUT2D eigenvalue weighted by molar-refractivity contribution is 14.1. The van der Waals surface area contributed by atoms with Crippen LogP contribution in [0.25, 0.3) is 0 Å². The lowest BCUT2D eigenvalue weighted by atomic mass is 10.3. The molecule has 1 rings (SSSR count). The molecule has 0 bridgehead atoms. The Balaban J connectivity index is 3.21. The Hall–Kier alpha value is 0.830. The predicted octanol–water partition coefficient (Wildman–Crippen LogP) is 3.19. The molecule has 0 aliphatic heterocycles. The smallest absolute Gasteiger partial charge is 0.121 e. The average Bonchev–Trinajstić information content (AvgIpc) is 1.99. The van der Waals surface area contributed by atoms with Crippen LogP contribution in [0.15, 0.2) is 17.0 Å². The first-order valence-electron chi connectivity index (χ1n) is 2.87. The van der Waals surface area contributed by atoms with Crippen molar-refractivity contribution in [2.24, 2.45) is 0 Å². The van der Waals surface area contributed by atoms with E-state index in [1.165, 1.54) is 7.14 Å². The Morgan fingerprint density at radius 2 is 2.00 bits per heavy atom. The van der Waals surface area contributed by atoms with Crippen molar-refractivity contribution in [1.82, 2.24) is 0 Å². The summed E-state index contributed by atoms with van der Waals surface area (Å²) >= 11 is 8.82. The third-order valence-electron chi connectivity index (χ3n) is 1.22. The number of thiol groups is 1. The van der Waals surface area contributed by atoms with Crippen LogP contribution in [0.3, 0.4) is 0 Å². The highest BCUT2D eigenvalue weighted by atomic mass is 127. The maximum Gasteiger partial charge on any atom is 0.121 e. The lowest BCUT2D eigenvalue weighted by Crippen LogP contribution is -1.87. The SMILES string of the molecule is COc1cc(S)c(I)c(I)c1. The van der Waals surface area contributed by atoms with Gasteiger partial charge in [0.05, 0.1) is 7.11 Å². The van der Waals surface area contributed by atoms with E-state index in [1.807, 2.05) is 12.1 Å². The molecule has 0 fully saturated rings. The van der Waals surface area contributed by atoms with Crippen molar-refractivity contribution in [1.29, 1.82) is 0 Å². The number of methoxy groups -OCH3 is 1. The first-order chi connectivity index (χ1) is 5.15. The molecule has 0 aliphatic rings. The lowest BCUT2D eigenvalue weighted by Gasteiger charge is -2.04. The van der Waals surface area contributed by atoms with Gasteiger partial charge >= 0.3 is 0 Å². The van der Waals surface area contributed by atoms with E-state index in [0.717, 1.165) is 10.6 Å². The summed E-state index contributed by atoms with van der Waals surface area (Å²) in [6.07, 6.45) is 0. The van der Waals surface area contributed by atoms with Crippen LogP contribution in [0.4, 0.5) is 0 Å². The summed E-state index contributed by atoms with van der Waals surface area (Å²) in [6.45, 7) is 0. The van der Waals surface area contributed by atoms with Crippen LogP contribution in [-0.2, 0) is 0 Å². The third kappa shape index (κ3) is 2.38. The standard InChI is InChI=1S/C7H6I2OS/c1-10-4-2-5(8)7(9)6(11)3-4/h2-3,11H,1H3. The highest BCUT2D eigenvalue weighted by Crippen LogP contribution is 2.27. The molecule has 0 aromatic heterocycles. The maximum absolute atomic E-state index is 5.07. The van der Waals surface area contributed by atoms with Gasteiger partial charge in [-0.15, -0.1) is 12.6 Å². The van der Waals surface area contributed by atoms with E-state index in [9.17, 15) is 0 Å². The van der Waals surface area contributed by atoms with E-state index in [-0.39, 0.29) is 0 Å². The molecule has 1 nitrogen and oxygen atoms in total. The molecule has 0 aliphatic carbocycles. The molecule has 0 heterocycles. The monoisotopic (exact) mass is 392 g/mol. The molecule has 0 spiro atoms. The zero-order valence-electron chi connectivity index (χ0n) is 5.77. The number of halogens is 2. The van der Waals surface area contributed by atoms with E-state index >= 15 is 0 Å². The van der Waals surface area contributed by atoms with Gasteiger partial charge in [0, 0.05) is 12.0 Å². The minimum atomic E-state index is 0.861. The van der Waals surface area contributed by atoms with E-state index < -0.39 is 0 Å². The molecular weight excluding hydrogens is 386 g/mol. The fourth-order valence-electron chi connectivity index (χ4n) is 0.668. The molecule has 1 aromatic rings. The fraction of sp³-hybridized carbons (Fsp3) is 0.143. The largest absolute Gasteiger partial charge is 0.497 e. The van der Waals surface area contributed by atoms with Crippen molar-refractivity contribution in [3.05, 3.63) is 19.3 Å². The summed E-state index contributed by atoms with van der Waals surface area (Å²) in [5.41, 5.74) is 0. The number of hydrogen-bond donors (Lipinski definition) is 1. The van der Waals surface area contributed by atoms with Crippen LogP contribution in [0.2, 0.25) is 0 Å². The lowest BCUT2D eigenvalue weighted by molar-refractivity contribution is 0.413. The molecule has 0 atom stereocenters. The van der Waals surface area contributed by atoms with Crippen LogP contribution >= 0.6 is 57.8 Å². The molecule has 60 valence electrons. The second kappa shape index (κ2) is 4.18. The number of rotatable bonds is 1. The van der Waals surface area contributed by atoms with Crippen LogP contribution < -0.4 is 4.74 Å². The first-order valence-corrected chi connectivity index (χ1v) is 5.47. The van der Waals surface area contributed by atoms with Gasteiger partial charge in [0.25, 0.3) is 0 Å². The van der Waals surface area contributed by atoms with Crippen LogP contribution in [0, 0.1) is 7.14 Å². The third-order valence-corrected chi connectivity index (χ3v) is 5.04. The van der Waals surface area contributed by atoms with Gasteiger partial charge < -0.3 is 4.74 Å². The zero-order chi connectivity index (χ0) is 8.43. The van der Waals surface area contributed by atoms with Gasteiger partial charge in [-0.1, -0.05) is 0 Å². The van der Waals surface area contributed by atoms with Crippen molar-refractivity contribution in [3.8, 4) is 5.75 Å². The Morgan fingerprint density at radius 1 is 1.36 bits per heavy atom. The van der Waals surface area contributed by atoms with Gasteiger partial charge in [0.1, 0.15) is 5.75 Å². The topological polar surface area (TPSA) is 9.23 Å². The van der Waals surface area contributed by atoms with Gasteiger partial charge in [0.15, 0.2) is 0 Å². The summed E-state index contributed by atoms with van der Waals surface area (Å²) < 4.78 is 7.42. The van der Waals surface area contributed by atoms with Gasteiger partial charge in [-0.25, -0.2) is 0 Å². The van der Waals surface area contributed by atoms with E-state index in [1.54, 1.807) is 7.11 Å². The highest BCUT2D eigenvalue weighted by Gasteiger charge is 2.02. The number of ether oxygens (including phenoxy) is 1. The summed E-state index contributed by atoms with van der Waals surface area (Å²) in [5.74, 6) is 0.861. The zero-order valence-corrected chi connectivity index (χ0v) is 11.0. The normalized spacial score (nSPS) is 9.82. The van der Waals surface area contributed by atoms with Crippen LogP contribution in [0.1, 0.15) is 0 Å². The predicted molar refractivity (Wildman–Crippen MR) is 65.7 cm³/mol. The van der Waals surface area contributed by atoms with E-state index in [2.05, 4.69) is 57.8 Å². The van der Waals surface area contributed by atoms with Gasteiger partial charge in [0.2, 0.25) is 0 Å².